The quantitative estimate of drug-likeness (QED) is 0.615. The molecule has 92 valence electrons. The molecule has 3 heteroatoms. The zero-order chi connectivity index (χ0) is 13.0. The molecule has 0 radical (unpaired) electrons. The van der Waals surface area contributed by atoms with Crippen molar-refractivity contribution in [1.29, 1.82) is 0 Å². The molecule has 0 amide bonds. The van der Waals surface area contributed by atoms with E-state index in [1.807, 2.05) is 60.8 Å². The van der Waals surface area contributed by atoms with Crippen LogP contribution in [0.15, 0.2) is 54.1 Å². The Balaban J connectivity index is 2.31. The predicted octanol–water partition coefficient (Wildman–Crippen LogP) is 3.67. The smallest absolute Gasteiger partial charge is 0.197 e. The number of rotatable bonds is 4. The Bertz CT molecular complexity index is 555. The molecule has 1 aromatic heterocycles. The highest BCUT2D eigenvalue weighted by Crippen LogP contribution is 2.28. The molecule has 0 aliphatic heterocycles. The topological polar surface area (TPSA) is 20.3 Å². The maximum atomic E-state index is 12.1. The molecule has 1 heterocycles. The Kier molecular flexibility index (Phi) is 3.95. The number of hydrogen-bond acceptors (Lipinski definition) is 3. The summed E-state index contributed by atoms with van der Waals surface area (Å²) < 4.78 is 0. The van der Waals surface area contributed by atoms with Gasteiger partial charge in [-0.2, -0.15) is 0 Å². The zero-order valence-electron chi connectivity index (χ0n) is 10.5. The first kappa shape index (κ1) is 12.6. The van der Waals surface area contributed by atoms with Gasteiger partial charge in [-0.3, -0.25) is 4.79 Å². The fraction of sp³-hybridized carbons (Fsp3) is 0.133. The standard InChI is InChI=1S/C15H15NOS/c1-16(2)10-8-14(17)15-13(9-11-18-15)12-6-4-3-5-7-12/h3-11H,1-2H3/b10-8+. The maximum Gasteiger partial charge on any atom is 0.197 e. The van der Waals surface area contributed by atoms with Crippen molar-refractivity contribution in [2.75, 3.05) is 14.1 Å². The highest BCUT2D eigenvalue weighted by Gasteiger charge is 2.11. The van der Waals surface area contributed by atoms with Crippen LogP contribution < -0.4 is 0 Å². The fourth-order valence-corrected chi connectivity index (χ4v) is 2.47. The molecule has 0 aliphatic carbocycles. The molecule has 1 aromatic carbocycles. The summed E-state index contributed by atoms with van der Waals surface area (Å²) in [6.45, 7) is 0. The fourth-order valence-electron chi connectivity index (χ4n) is 1.64. The summed E-state index contributed by atoms with van der Waals surface area (Å²) in [4.78, 5) is 14.7. The van der Waals surface area contributed by atoms with Crippen LogP contribution in [0.2, 0.25) is 0 Å². The van der Waals surface area contributed by atoms with E-state index in [2.05, 4.69) is 0 Å². The van der Waals surface area contributed by atoms with E-state index in [0.29, 0.717) is 0 Å². The number of carbonyl (C=O) groups excluding carboxylic acids is 1. The van der Waals surface area contributed by atoms with E-state index in [1.54, 1.807) is 12.3 Å². The monoisotopic (exact) mass is 257 g/mol. The molecule has 2 rings (SSSR count). The van der Waals surface area contributed by atoms with Crippen LogP contribution in [0.25, 0.3) is 11.1 Å². The van der Waals surface area contributed by atoms with Crippen molar-refractivity contribution in [3.05, 3.63) is 58.9 Å². The lowest BCUT2D eigenvalue weighted by molar-refractivity contribution is 0.105. The van der Waals surface area contributed by atoms with E-state index in [0.717, 1.165) is 16.0 Å². The van der Waals surface area contributed by atoms with Crippen LogP contribution in [0.3, 0.4) is 0 Å². The van der Waals surface area contributed by atoms with Crippen molar-refractivity contribution in [3.8, 4) is 11.1 Å². The minimum absolute atomic E-state index is 0.0533. The first-order chi connectivity index (χ1) is 8.68. The highest BCUT2D eigenvalue weighted by molar-refractivity contribution is 7.12. The Labute approximate surface area is 111 Å². The van der Waals surface area contributed by atoms with Crippen LogP contribution >= 0.6 is 11.3 Å². The van der Waals surface area contributed by atoms with E-state index in [1.165, 1.54) is 11.3 Å². The lowest BCUT2D eigenvalue weighted by Gasteiger charge is -2.03. The number of allylic oxidation sites excluding steroid dienone is 1. The van der Waals surface area contributed by atoms with Crippen LogP contribution in [-0.4, -0.2) is 24.8 Å². The largest absolute Gasteiger partial charge is 0.383 e. The van der Waals surface area contributed by atoms with Gasteiger partial charge in [0.25, 0.3) is 0 Å². The van der Waals surface area contributed by atoms with Crippen LogP contribution in [-0.2, 0) is 0 Å². The molecular weight excluding hydrogens is 242 g/mol. The molecule has 0 saturated heterocycles. The molecule has 0 aliphatic rings. The van der Waals surface area contributed by atoms with Crippen LogP contribution in [0.5, 0.6) is 0 Å². The molecule has 0 spiro atoms. The molecule has 0 N–H and O–H groups in total. The molecule has 2 aromatic rings. The van der Waals surface area contributed by atoms with E-state index in [4.69, 9.17) is 0 Å². The Morgan fingerprint density at radius 1 is 1.17 bits per heavy atom. The second kappa shape index (κ2) is 5.65. The number of hydrogen-bond donors (Lipinski definition) is 0. The molecule has 2 nitrogen and oxygen atoms in total. The molecule has 0 saturated carbocycles. The summed E-state index contributed by atoms with van der Waals surface area (Å²) in [6.07, 6.45) is 3.38. The van der Waals surface area contributed by atoms with Gasteiger partial charge in [-0.05, 0) is 17.0 Å². The molecule has 0 unspecified atom stereocenters. The lowest BCUT2D eigenvalue weighted by Crippen LogP contribution is -2.02. The van der Waals surface area contributed by atoms with Gasteiger partial charge in [-0.25, -0.2) is 0 Å². The Morgan fingerprint density at radius 3 is 2.56 bits per heavy atom. The van der Waals surface area contributed by atoms with Crippen molar-refractivity contribution in [2.45, 2.75) is 0 Å². The van der Waals surface area contributed by atoms with E-state index in [9.17, 15) is 4.79 Å². The summed E-state index contributed by atoms with van der Waals surface area (Å²) in [6, 6.07) is 12.0. The third kappa shape index (κ3) is 2.87. The summed E-state index contributed by atoms with van der Waals surface area (Å²) in [7, 11) is 3.80. The molecule has 0 bridgehead atoms. The summed E-state index contributed by atoms with van der Waals surface area (Å²) in [5, 5.41) is 1.96. The summed E-state index contributed by atoms with van der Waals surface area (Å²) >= 11 is 1.48. The Morgan fingerprint density at radius 2 is 1.89 bits per heavy atom. The number of nitrogens with zero attached hydrogens (tertiary/aromatic N) is 1. The van der Waals surface area contributed by atoms with E-state index in [-0.39, 0.29) is 5.78 Å². The minimum Gasteiger partial charge on any atom is -0.383 e. The van der Waals surface area contributed by atoms with Crippen molar-refractivity contribution in [3.63, 3.8) is 0 Å². The van der Waals surface area contributed by atoms with Crippen LogP contribution in [0.4, 0.5) is 0 Å². The van der Waals surface area contributed by atoms with Crippen LogP contribution in [0, 0.1) is 0 Å². The first-order valence-corrected chi connectivity index (χ1v) is 6.58. The number of benzene rings is 1. The first-order valence-electron chi connectivity index (χ1n) is 5.70. The number of thiophene rings is 1. The second-order valence-electron chi connectivity index (χ2n) is 4.17. The van der Waals surface area contributed by atoms with Gasteiger partial charge in [0.1, 0.15) is 0 Å². The average molecular weight is 257 g/mol. The van der Waals surface area contributed by atoms with Crippen molar-refractivity contribution in [1.82, 2.24) is 4.90 Å². The van der Waals surface area contributed by atoms with E-state index < -0.39 is 0 Å². The maximum absolute atomic E-state index is 12.1. The van der Waals surface area contributed by atoms with Gasteiger partial charge in [0.05, 0.1) is 4.88 Å². The van der Waals surface area contributed by atoms with Gasteiger partial charge in [0.2, 0.25) is 0 Å². The van der Waals surface area contributed by atoms with Gasteiger partial charge in [0, 0.05) is 31.9 Å². The van der Waals surface area contributed by atoms with Gasteiger partial charge < -0.3 is 4.90 Å². The summed E-state index contributed by atoms with van der Waals surface area (Å²) in [5.41, 5.74) is 2.09. The number of ketones is 1. The van der Waals surface area contributed by atoms with Crippen molar-refractivity contribution >= 4 is 17.1 Å². The SMILES string of the molecule is CN(C)/C=C/C(=O)c1sccc1-c1ccccc1. The lowest BCUT2D eigenvalue weighted by atomic mass is 10.1. The third-order valence-electron chi connectivity index (χ3n) is 2.50. The van der Waals surface area contributed by atoms with Gasteiger partial charge >= 0.3 is 0 Å². The second-order valence-corrected chi connectivity index (χ2v) is 5.09. The molecule has 0 fully saturated rings. The highest BCUT2D eigenvalue weighted by atomic mass is 32.1. The molecule has 18 heavy (non-hydrogen) atoms. The van der Waals surface area contributed by atoms with Crippen molar-refractivity contribution < 1.29 is 4.79 Å². The molecule has 0 atom stereocenters. The average Bonchev–Trinajstić information content (AvgIpc) is 2.86. The third-order valence-corrected chi connectivity index (χ3v) is 3.43. The van der Waals surface area contributed by atoms with Crippen molar-refractivity contribution in [2.24, 2.45) is 0 Å². The van der Waals surface area contributed by atoms with Gasteiger partial charge in [0.15, 0.2) is 5.78 Å². The normalized spacial score (nSPS) is 10.8. The van der Waals surface area contributed by atoms with Gasteiger partial charge in [-0.1, -0.05) is 30.3 Å². The van der Waals surface area contributed by atoms with E-state index >= 15 is 0 Å². The number of carbonyl (C=O) groups is 1. The Hall–Kier alpha value is -1.87. The summed E-state index contributed by atoms with van der Waals surface area (Å²) in [5.74, 6) is 0.0533. The van der Waals surface area contributed by atoms with Crippen LogP contribution in [0.1, 0.15) is 9.67 Å². The zero-order valence-corrected chi connectivity index (χ0v) is 11.3. The minimum atomic E-state index is 0.0533. The predicted molar refractivity (Wildman–Crippen MR) is 76.9 cm³/mol. The molecular formula is C15H15NOS. The van der Waals surface area contributed by atoms with Gasteiger partial charge in [-0.15, -0.1) is 11.3 Å².